The van der Waals surface area contributed by atoms with E-state index in [1.165, 1.54) is 33.0 Å². The molecule has 0 N–H and O–H groups in total. The molecule has 0 aliphatic heterocycles. The summed E-state index contributed by atoms with van der Waals surface area (Å²) in [6.45, 7) is 0. The maximum atomic E-state index is 5.16. The minimum absolute atomic E-state index is 0.615. The molecule has 0 amide bonds. The number of hydrogen-bond donors (Lipinski definition) is 0. The Labute approximate surface area is 319 Å². The van der Waals surface area contributed by atoms with Crippen LogP contribution >= 0.6 is 0 Å². The number of rotatable bonds is 7. The summed E-state index contributed by atoms with van der Waals surface area (Å²) in [5.41, 5.74) is 13.0. The molecule has 2 aromatic heterocycles. The first kappa shape index (κ1) is 32.2. The largest absolute Gasteiger partial charge is 0.308 e. The van der Waals surface area contributed by atoms with Gasteiger partial charge in [-0.2, -0.15) is 0 Å². The van der Waals surface area contributed by atoms with Crippen LogP contribution in [0.25, 0.3) is 95.0 Å². The van der Waals surface area contributed by atoms with E-state index in [4.69, 9.17) is 15.0 Å². The van der Waals surface area contributed by atoms with Crippen molar-refractivity contribution >= 4 is 21.8 Å². The molecule has 4 nitrogen and oxygen atoms in total. The molecule has 0 aliphatic carbocycles. The number of aromatic nitrogens is 4. The second kappa shape index (κ2) is 13.8. The van der Waals surface area contributed by atoms with Gasteiger partial charge in [0.2, 0.25) is 0 Å². The molecule has 0 saturated heterocycles. The first-order valence-corrected chi connectivity index (χ1v) is 18.5. The molecule has 0 saturated carbocycles. The molecular formula is C51H34N4. The van der Waals surface area contributed by atoms with Crippen molar-refractivity contribution in [2.75, 3.05) is 0 Å². The maximum absolute atomic E-state index is 5.16. The highest BCUT2D eigenvalue weighted by molar-refractivity contribution is 6.17. The Morgan fingerprint density at radius 3 is 1.44 bits per heavy atom. The molecule has 0 bridgehead atoms. The highest BCUT2D eigenvalue weighted by Crippen LogP contribution is 2.43. The monoisotopic (exact) mass is 702 g/mol. The van der Waals surface area contributed by atoms with Gasteiger partial charge in [-0.25, -0.2) is 15.0 Å². The van der Waals surface area contributed by atoms with E-state index in [1.807, 2.05) is 60.7 Å². The van der Waals surface area contributed by atoms with Gasteiger partial charge in [0.25, 0.3) is 0 Å². The summed E-state index contributed by atoms with van der Waals surface area (Å²) in [5, 5.41) is 2.38. The Balaban J connectivity index is 1.26. The Bertz CT molecular complexity index is 2900. The van der Waals surface area contributed by atoms with Crippen molar-refractivity contribution in [3.05, 3.63) is 206 Å². The van der Waals surface area contributed by atoms with E-state index >= 15 is 0 Å². The van der Waals surface area contributed by atoms with Crippen LogP contribution in [0.2, 0.25) is 0 Å². The van der Waals surface area contributed by atoms with Crippen molar-refractivity contribution < 1.29 is 0 Å². The van der Waals surface area contributed by atoms with E-state index in [0.717, 1.165) is 44.5 Å². The molecule has 0 radical (unpaired) electrons. The average Bonchev–Trinajstić information content (AvgIpc) is 3.61. The molecule has 0 aliphatic rings. The normalized spacial score (nSPS) is 11.3. The fourth-order valence-corrected chi connectivity index (χ4v) is 7.66. The number of fused-ring (bicyclic) bond motifs is 3. The zero-order valence-corrected chi connectivity index (χ0v) is 29.9. The Hall–Kier alpha value is -7.43. The van der Waals surface area contributed by atoms with Crippen LogP contribution in [0.5, 0.6) is 0 Å². The molecule has 10 aromatic rings. The van der Waals surface area contributed by atoms with Crippen LogP contribution in [0, 0.1) is 0 Å². The molecule has 2 heterocycles. The van der Waals surface area contributed by atoms with Crippen molar-refractivity contribution in [3.8, 4) is 73.2 Å². The Morgan fingerprint density at radius 2 is 0.782 bits per heavy atom. The third kappa shape index (κ3) is 5.96. The predicted octanol–water partition coefficient (Wildman–Crippen LogP) is 13.0. The highest BCUT2D eigenvalue weighted by atomic mass is 15.1. The Morgan fingerprint density at radius 1 is 0.291 bits per heavy atom. The van der Waals surface area contributed by atoms with Gasteiger partial charge < -0.3 is 4.57 Å². The summed E-state index contributed by atoms with van der Waals surface area (Å²) >= 11 is 0. The van der Waals surface area contributed by atoms with Crippen molar-refractivity contribution in [1.82, 2.24) is 19.5 Å². The molecule has 55 heavy (non-hydrogen) atoms. The Kier molecular flexibility index (Phi) is 8.12. The van der Waals surface area contributed by atoms with Crippen molar-refractivity contribution in [2.24, 2.45) is 0 Å². The molecule has 10 rings (SSSR count). The van der Waals surface area contributed by atoms with E-state index in [0.29, 0.717) is 17.5 Å². The molecule has 0 fully saturated rings. The topological polar surface area (TPSA) is 43.6 Å². The molecular weight excluding hydrogens is 669 g/mol. The second-order valence-corrected chi connectivity index (χ2v) is 13.6. The van der Waals surface area contributed by atoms with Gasteiger partial charge in [0.05, 0.1) is 16.7 Å². The van der Waals surface area contributed by atoms with Gasteiger partial charge in [-0.1, -0.05) is 170 Å². The van der Waals surface area contributed by atoms with Gasteiger partial charge in [-0.15, -0.1) is 0 Å². The van der Waals surface area contributed by atoms with Crippen molar-refractivity contribution in [2.45, 2.75) is 0 Å². The number of benzene rings is 8. The predicted molar refractivity (Wildman–Crippen MR) is 227 cm³/mol. The van der Waals surface area contributed by atoms with Gasteiger partial charge >= 0.3 is 0 Å². The van der Waals surface area contributed by atoms with E-state index < -0.39 is 0 Å². The zero-order valence-electron chi connectivity index (χ0n) is 29.9. The minimum Gasteiger partial charge on any atom is -0.308 e. The average molecular weight is 703 g/mol. The van der Waals surface area contributed by atoms with Crippen LogP contribution in [-0.2, 0) is 0 Å². The van der Waals surface area contributed by atoms with Gasteiger partial charge in [0.15, 0.2) is 17.5 Å². The lowest BCUT2D eigenvalue weighted by molar-refractivity contribution is 1.06. The van der Waals surface area contributed by atoms with Crippen LogP contribution in [0.4, 0.5) is 0 Å². The van der Waals surface area contributed by atoms with Crippen LogP contribution in [0.3, 0.4) is 0 Å². The van der Waals surface area contributed by atoms with Crippen LogP contribution in [-0.4, -0.2) is 19.5 Å². The number of hydrogen-bond acceptors (Lipinski definition) is 3. The van der Waals surface area contributed by atoms with Gasteiger partial charge in [0, 0.05) is 27.5 Å². The summed E-state index contributed by atoms with van der Waals surface area (Å²) in [6, 6.07) is 72.3. The fraction of sp³-hybridized carbons (Fsp3) is 0. The summed E-state index contributed by atoms with van der Waals surface area (Å²) in [7, 11) is 0. The summed E-state index contributed by atoms with van der Waals surface area (Å²) < 4.78 is 2.39. The SMILES string of the molecule is c1ccc(-c2cccc(-c3cc(-c4ccccc4)c4c5ccccc5n(-c5ccccc5-c5nc(-c6ccccc6)nc(-c6ccccc6)n5)c4c3)c2)cc1. The smallest absolute Gasteiger partial charge is 0.166 e. The third-order valence-electron chi connectivity index (χ3n) is 10.2. The van der Waals surface area contributed by atoms with Crippen LogP contribution < -0.4 is 0 Å². The molecule has 4 heteroatoms. The molecule has 0 atom stereocenters. The van der Waals surface area contributed by atoms with Gasteiger partial charge in [0.1, 0.15) is 0 Å². The van der Waals surface area contributed by atoms with Crippen molar-refractivity contribution in [3.63, 3.8) is 0 Å². The maximum Gasteiger partial charge on any atom is 0.166 e. The number of nitrogens with zero attached hydrogens (tertiary/aromatic N) is 4. The van der Waals surface area contributed by atoms with Crippen molar-refractivity contribution in [1.29, 1.82) is 0 Å². The summed E-state index contributed by atoms with van der Waals surface area (Å²) in [5.74, 6) is 1.88. The standard InChI is InChI=1S/C51H34N4/c1-5-18-35(19-6-1)39-26-17-27-40(32-39)41-33-44(36-20-7-2-8-21-36)48-42-28-13-15-30-45(42)55(47(48)34-41)46-31-16-14-29-43(46)51-53-49(37-22-9-3-10-23-37)52-50(54-51)38-24-11-4-12-25-38/h1-34H. The number of para-hydroxylation sites is 2. The van der Waals surface area contributed by atoms with Crippen LogP contribution in [0.1, 0.15) is 0 Å². The highest BCUT2D eigenvalue weighted by Gasteiger charge is 2.22. The molecule has 0 unspecified atom stereocenters. The first-order chi connectivity index (χ1) is 27.3. The lowest BCUT2D eigenvalue weighted by Crippen LogP contribution is -2.03. The summed E-state index contributed by atoms with van der Waals surface area (Å²) in [4.78, 5) is 15.3. The summed E-state index contributed by atoms with van der Waals surface area (Å²) in [6.07, 6.45) is 0. The minimum atomic E-state index is 0.615. The molecule has 8 aromatic carbocycles. The van der Waals surface area contributed by atoms with Crippen LogP contribution in [0.15, 0.2) is 206 Å². The fourth-order valence-electron chi connectivity index (χ4n) is 7.66. The van der Waals surface area contributed by atoms with Gasteiger partial charge in [-0.3, -0.25) is 0 Å². The quantitative estimate of drug-likeness (QED) is 0.166. The van der Waals surface area contributed by atoms with E-state index in [9.17, 15) is 0 Å². The lowest BCUT2D eigenvalue weighted by Gasteiger charge is -2.16. The zero-order chi connectivity index (χ0) is 36.6. The van der Waals surface area contributed by atoms with E-state index in [2.05, 4.69) is 150 Å². The van der Waals surface area contributed by atoms with E-state index in [1.54, 1.807) is 0 Å². The van der Waals surface area contributed by atoms with E-state index in [-0.39, 0.29) is 0 Å². The third-order valence-corrected chi connectivity index (χ3v) is 10.2. The molecule has 0 spiro atoms. The second-order valence-electron chi connectivity index (χ2n) is 13.6. The first-order valence-electron chi connectivity index (χ1n) is 18.5. The lowest BCUT2D eigenvalue weighted by atomic mass is 9.93. The van der Waals surface area contributed by atoms with Gasteiger partial charge in [-0.05, 0) is 69.8 Å². The molecule has 258 valence electrons.